The number of amides is 1. The van der Waals surface area contributed by atoms with Gasteiger partial charge < -0.3 is 9.80 Å². The third-order valence-electron chi connectivity index (χ3n) is 5.65. The summed E-state index contributed by atoms with van der Waals surface area (Å²) in [5.41, 5.74) is 0.662. The van der Waals surface area contributed by atoms with Crippen LogP contribution in [0.2, 0.25) is 5.02 Å². The highest BCUT2D eigenvalue weighted by atomic mass is 35.5. The Labute approximate surface area is 164 Å². The number of carbonyl (C=O) groups excluding carboxylic acids is 1. The Bertz CT molecular complexity index is 801. The van der Waals surface area contributed by atoms with E-state index in [1.54, 1.807) is 0 Å². The van der Waals surface area contributed by atoms with E-state index < -0.39 is 0 Å². The molecule has 27 heavy (non-hydrogen) atoms. The first-order valence-electron chi connectivity index (χ1n) is 9.92. The molecule has 2 aliphatic rings. The van der Waals surface area contributed by atoms with E-state index in [-0.39, 0.29) is 5.92 Å². The fourth-order valence-electron chi connectivity index (χ4n) is 4.21. The first kappa shape index (κ1) is 18.5. The van der Waals surface area contributed by atoms with E-state index in [4.69, 9.17) is 11.6 Å². The number of aromatic nitrogens is 3. The van der Waals surface area contributed by atoms with Crippen LogP contribution in [0.4, 0.5) is 5.95 Å². The minimum absolute atomic E-state index is 0.0306. The highest BCUT2D eigenvalue weighted by Gasteiger charge is 2.32. The van der Waals surface area contributed by atoms with Crippen molar-refractivity contribution in [2.75, 3.05) is 50.7 Å². The normalized spacial score (nSPS) is 21.8. The van der Waals surface area contributed by atoms with Crippen LogP contribution in [0, 0.1) is 5.92 Å². The summed E-state index contributed by atoms with van der Waals surface area (Å²) < 4.78 is 1.92. The average Bonchev–Trinajstić information content (AvgIpc) is 3.14. The molecule has 0 unspecified atom stereocenters. The van der Waals surface area contributed by atoms with E-state index in [0.717, 1.165) is 58.1 Å². The molecule has 0 N–H and O–H groups in total. The molecule has 2 aromatic heterocycles. The van der Waals surface area contributed by atoms with Crippen molar-refractivity contribution in [3.05, 3.63) is 23.4 Å². The van der Waals surface area contributed by atoms with Gasteiger partial charge in [0.2, 0.25) is 11.9 Å². The Hall–Kier alpha value is -1.86. The lowest BCUT2D eigenvalue weighted by atomic mass is 9.96. The van der Waals surface area contributed by atoms with Gasteiger partial charge in [0.15, 0.2) is 5.65 Å². The molecular formula is C19H27ClN6O. The number of hydrogen-bond acceptors (Lipinski definition) is 5. The maximum atomic E-state index is 13.1. The number of fused-ring (bicyclic) bond motifs is 1. The maximum Gasteiger partial charge on any atom is 0.231 e. The van der Waals surface area contributed by atoms with Crippen LogP contribution < -0.4 is 4.90 Å². The summed E-state index contributed by atoms with van der Waals surface area (Å²) in [7, 11) is 0. The molecule has 0 aliphatic carbocycles. The van der Waals surface area contributed by atoms with Crippen molar-refractivity contribution in [2.45, 2.75) is 26.2 Å². The second kappa shape index (κ2) is 8.02. The van der Waals surface area contributed by atoms with Gasteiger partial charge in [0.1, 0.15) is 0 Å². The molecule has 0 spiro atoms. The van der Waals surface area contributed by atoms with Gasteiger partial charge in [-0.15, -0.1) is 10.2 Å². The number of piperidine rings is 1. The largest absolute Gasteiger partial charge is 0.340 e. The van der Waals surface area contributed by atoms with Crippen molar-refractivity contribution < 1.29 is 4.79 Å². The number of nitrogens with zero attached hydrogens (tertiary/aromatic N) is 6. The Kier molecular flexibility index (Phi) is 5.50. The van der Waals surface area contributed by atoms with E-state index >= 15 is 0 Å². The fraction of sp³-hybridized carbons (Fsp3) is 0.632. The van der Waals surface area contributed by atoms with Crippen LogP contribution in [0.15, 0.2) is 18.3 Å². The highest BCUT2D eigenvalue weighted by Crippen LogP contribution is 2.26. The third-order valence-corrected chi connectivity index (χ3v) is 5.94. The van der Waals surface area contributed by atoms with Crippen molar-refractivity contribution >= 4 is 29.1 Å². The van der Waals surface area contributed by atoms with Crippen molar-refractivity contribution in [1.29, 1.82) is 0 Å². The summed E-state index contributed by atoms with van der Waals surface area (Å²) in [5.74, 6) is 1.10. The molecule has 2 fully saturated rings. The molecular weight excluding hydrogens is 364 g/mol. The standard InChI is InChI=1S/C19H27ClN6O/c1-2-7-23-10-12-24(13-11-23)18(27)15-5-3-8-25(14-15)19-22-21-17-16(20)6-4-9-26(17)19/h4,6,9,15H,2-3,5,7-8,10-14H2,1H3/t15-/m1/s1. The molecule has 7 nitrogen and oxygen atoms in total. The number of pyridine rings is 1. The lowest BCUT2D eigenvalue weighted by molar-refractivity contribution is -0.137. The van der Waals surface area contributed by atoms with Crippen molar-refractivity contribution in [2.24, 2.45) is 5.92 Å². The van der Waals surface area contributed by atoms with Gasteiger partial charge in [-0.25, -0.2) is 0 Å². The molecule has 8 heteroatoms. The monoisotopic (exact) mass is 390 g/mol. The van der Waals surface area contributed by atoms with Crippen molar-refractivity contribution in [3.63, 3.8) is 0 Å². The predicted molar refractivity (Wildman–Crippen MR) is 106 cm³/mol. The van der Waals surface area contributed by atoms with E-state index in [2.05, 4.69) is 31.8 Å². The number of hydrogen-bond donors (Lipinski definition) is 0. The minimum Gasteiger partial charge on any atom is -0.340 e. The summed E-state index contributed by atoms with van der Waals surface area (Å²) in [4.78, 5) is 19.7. The summed E-state index contributed by atoms with van der Waals surface area (Å²) >= 11 is 6.22. The predicted octanol–water partition coefficient (Wildman–Crippen LogP) is 2.15. The second-order valence-corrected chi connectivity index (χ2v) is 7.91. The molecule has 0 aromatic carbocycles. The molecule has 0 saturated carbocycles. The molecule has 2 aromatic rings. The number of carbonyl (C=O) groups is 1. The van der Waals surface area contributed by atoms with Gasteiger partial charge in [0.05, 0.1) is 10.9 Å². The summed E-state index contributed by atoms with van der Waals surface area (Å²) in [6.45, 7) is 8.59. The van der Waals surface area contributed by atoms with Crippen LogP contribution >= 0.6 is 11.6 Å². The highest BCUT2D eigenvalue weighted by molar-refractivity contribution is 6.33. The zero-order valence-corrected chi connectivity index (χ0v) is 16.6. The quantitative estimate of drug-likeness (QED) is 0.800. The van der Waals surface area contributed by atoms with Gasteiger partial charge in [0, 0.05) is 45.5 Å². The Morgan fingerprint density at radius 2 is 2.04 bits per heavy atom. The number of rotatable bonds is 4. The van der Waals surface area contributed by atoms with Gasteiger partial charge in [-0.05, 0) is 37.9 Å². The third kappa shape index (κ3) is 3.75. The SMILES string of the molecule is CCCN1CCN(C(=O)[C@@H]2CCCN(c3nnc4c(Cl)cccn34)C2)CC1. The van der Waals surface area contributed by atoms with Crippen LogP contribution in [0.25, 0.3) is 5.65 Å². The van der Waals surface area contributed by atoms with Gasteiger partial charge in [0.25, 0.3) is 0 Å². The molecule has 0 radical (unpaired) electrons. The Morgan fingerprint density at radius 3 is 2.81 bits per heavy atom. The van der Waals surface area contributed by atoms with Gasteiger partial charge in [-0.2, -0.15) is 0 Å². The van der Waals surface area contributed by atoms with Crippen LogP contribution in [-0.4, -0.2) is 76.1 Å². The molecule has 4 rings (SSSR count). The number of piperazine rings is 1. The molecule has 4 heterocycles. The van der Waals surface area contributed by atoms with Crippen molar-refractivity contribution in [1.82, 2.24) is 24.4 Å². The lowest BCUT2D eigenvalue weighted by Crippen LogP contribution is -2.52. The van der Waals surface area contributed by atoms with Gasteiger partial charge >= 0.3 is 0 Å². The number of anilines is 1. The molecule has 1 amide bonds. The molecule has 2 aliphatic heterocycles. The summed E-state index contributed by atoms with van der Waals surface area (Å²) in [6, 6.07) is 3.71. The first-order valence-corrected chi connectivity index (χ1v) is 10.3. The average molecular weight is 391 g/mol. The van der Waals surface area contributed by atoms with Gasteiger partial charge in [-0.1, -0.05) is 18.5 Å². The molecule has 2 saturated heterocycles. The van der Waals surface area contributed by atoms with Crippen molar-refractivity contribution in [3.8, 4) is 0 Å². The summed E-state index contributed by atoms with van der Waals surface area (Å²) in [5, 5.41) is 9.15. The second-order valence-electron chi connectivity index (χ2n) is 7.50. The Morgan fingerprint density at radius 1 is 1.22 bits per heavy atom. The van der Waals surface area contributed by atoms with Gasteiger partial charge in [-0.3, -0.25) is 14.1 Å². The minimum atomic E-state index is 0.0306. The maximum absolute atomic E-state index is 13.1. The fourth-order valence-corrected chi connectivity index (χ4v) is 4.42. The summed E-state index contributed by atoms with van der Waals surface area (Å²) in [6.07, 6.45) is 5.03. The molecule has 1 atom stereocenters. The van der Waals surface area contributed by atoms with E-state index in [1.807, 2.05) is 22.7 Å². The van der Waals surface area contributed by atoms with E-state index in [1.165, 1.54) is 6.42 Å². The first-order chi connectivity index (χ1) is 13.2. The Balaban J connectivity index is 1.43. The zero-order chi connectivity index (χ0) is 18.8. The van der Waals surface area contributed by atoms with Crippen LogP contribution in [-0.2, 0) is 4.79 Å². The smallest absolute Gasteiger partial charge is 0.231 e. The lowest BCUT2D eigenvalue weighted by Gasteiger charge is -2.39. The number of halogens is 1. The van der Waals surface area contributed by atoms with E-state index in [0.29, 0.717) is 23.1 Å². The van der Waals surface area contributed by atoms with Crippen LogP contribution in [0.5, 0.6) is 0 Å². The topological polar surface area (TPSA) is 57.0 Å². The van der Waals surface area contributed by atoms with Crippen LogP contribution in [0.1, 0.15) is 26.2 Å². The molecule has 0 bridgehead atoms. The zero-order valence-electron chi connectivity index (χ0n) is 15.8. The van der Waals surface area contributed by atoms with E-state index in [9.17, 15) is 4.79 Å². The van der Waals surface area contributed by atoms with Crippen LogP contribution in [0.3, 0.4) is 0 Å². The molecule has 146 valence electrons.